The molecule has 2 N–H and O–H groups in total. The van der Waals surface area contributed by atoms with Crippen LogP contribution >= 0.6 is 11.8 Å². The Morgan fingerprint density at radius 2 is 2.29 bits per heavy atom. The van der Waals surface area contributed by atoms with Crippen LogP contribution in [0.2, 0.25) is 0 Å². The number of anilines is 1. The van der Waals surface area contributed by atoms with E-state index in [4.69, 9.17) is 5.73 Å². The second kappa shape index (κ2) is 4.91. The number of carbonyl (C=O) groups is 1. The van der Waals surface area contributed by atoms with Crippen LogP contribution in [0.15, 0.2) is 23.1 Å². The van der Waals surface area contributed by atoms with Crippen molar-refractivity contribution >= 4 is 23.4 Å². The molecule has 0 unspecified atom stereocenters. The van der Waals surface area contributed by atoms with Gasteiger partial charge in [-0.3, -0.25) is 4.79 Å². The smallest absolute Gasteiger partial charge is 0.315 e. The molecule has 4 heteroatoms. The molecule has 0 radical (unpaired) electrons. The molecule has 0 aliphatic heterocycles. The lowest BCUT2D eigenvalue weighted by Gasteiger charge is -2.06. The SMILES string of the molecule is COC(=O)CSc1cccc(N)c1C. The molecule has 0 fully saturated rings. The van der Waals surface area contributed by atoms with E-state index in [1.807, 2.05) is 25.1 Å². The van der Waals surface area contributed by atoms with Gasteiger partial charge in [0.15, 0.2) is 0 Å². The lowest BCUT2D eigenvalue weighted by Crippen LogP contribution is -2.03. The highest BCUT2D eigenvalue weighted by atomic mass is 32.2. The summed E-state index contributed by atoms with van der Waals surface area (Å²) in [5.74, 6) is 0.0951. The second-order valence-electron chi connectivity index (χ2n) is 2.84. The molecular formula is C10H13NO2S. The van der Waals surface area contributed by atoms with Crippen molar-refractivity contribution in [2.75, 3.05) is 18.6 Å². The molecule has 0 aromatic heterocycles. The molecule has 3 nitrogen and oxygen atoms in total. The number of hydrogen-bond acceptors (Lipinski definition) is 4. The maximum Gasteiger partial charge on any atom is 0.315 e. The van der Waals surface area contributed by atoms with Gasteiger partial charge in [-0.2, -0.15) is 0 Å². The van der Waals surface area contributed by atoms with Gasteiger partial charge in [-0.1, -0.05) is 6.07 Å². The third-order valence-electron chi connectivity index (χ3n) is 1.90. The van der Waals surface area contributed by atoms with Crippen molar-refractivity contribution < 1.29 is 9.53 Å². The molecule has 1 aromatic rings. The molecule has 0 aliphatic rings. The monoisotopic (exact) mass is 211 g/mol. The quantitative estimate of drug-likeness (QED) is 0.471. The summed E-state index contributed by atoms with van der Waals surface area (Å²) in [6, 6.07) is 5.67. The van der Waals surface area contributed by atoms with Crippen LogP contribution in [-0.2, 0) is 9.53 Å². The maximum atomic E-state index is 10.9. The number of methoxy groups -OCH3 is 1. The van der Waals surface area contributed by atoms with E-state index in [2.05, 4.69) is 4.74 Å². The fourth-order valence-corrected chi connectivity index (χ4v) is 1.88. The van der Waals surface area contributed by atoms with Gasteiger partial charge < -0.3 is 10.5 Å². The zero-order valence-corrected chi connectivity index (χ0v) is 9.06. The van der Waals surface area contributed by atoms with Gasteiger partial charge in [-0.15, -0.1) is 11.8 Å². The minimum absolute atomic E-state index is 0.225. The number of ether oxygens (including phenoxy) is 1. The maximum absolute atomic E-state index is 10.9. The van der Waals surface area contributed by atoms with Gasteiger partial charge >= 0.3 is 5.97 Å². The van der Waals surface area contributed by atoms with Crippen molar-refractivity contribution in [2.24, 2.45) is 0 Å². The van der Waals surface area contributed by atoms with E-state index in [-0.39, 0.29) is 5.97 Å². The Morgan fingerprint density at radius 3 is 2.93 bits per heavy atom. The first-order valence-electron chi connectivity index (χ1n) is 4.20. The summed E-state index contributed by atoms with van der Waals surface area (Å²) in [7, 11) is 1.38. The van der Waals surface area contributed by atoms with Crippen LogP contribution < -0.4 is 5.73 Å². The van der Waals surface area contributed by atoms with Crippen molar-refractivity contribution in [1.82, 2.24) is 0 Å². The Hall–Kier alpha value is -1.16. The molecule has 0 saturated heterocycles. The first-order chi connectivity index (χ1) is 6.65. The van der Waals surface area contributed by atoms with Crippen molar-refractivity contribution in [3.63, 3.8) is 0 Å². The highest BCUT2D eigenvalue weighted by Gasteiger charge is 2.05. The summed E-state index contributed by atoms with van der Waals surface area (Å²) >= 11 is 1.44. The van der Waals surface area contributed by atoms with Gasteiger partial charge in [0.25, 0.3) is 0 Å². The second-order valence-corrected chi connectivity index (χ2v) is 3.85. The van der Waals surface area contributed by atoms with Crippen LogP contribution in [-0.4, -0.2) is 18.8 Å². The molecule has 0 saturated carbocycles. The normalized spacial score (nSPS) is 9.86. The lowest BCUT2D eigenvalue weighted by molar-refractivity contribution is -0.137. The van der Waals surface area contributed by atoms with E-state index in [1.165, 1.54) is 18.9 Å². The highest BCUT2D eigenvalue weighted by molar-refractivity contribution is 8.00. The summed E-state index contributed by atoms with van der Waals surface area (Å²) in [4.78, 5) is 11.9. The molecule has 0 spiro atoms. The molecule has 1 aromatic carbocycles. The van der Waals surface area contributed by atoms with Crippen molar-refractivity contribution in [1.29, 1.82) is 0 Å². The number of esters is 1. The van der Waals surface area contributed by atoms with Gasteiger partial charge in [-0.05, 0) is 24.6 Å². The fourth-order valence-electron chi connectivity index (χ4n) is 0.983. The summed E-state index contributed by atoms with van der Waals surface area (Å²) in [5, 5.41) is 0. The van der Waals surface area contributed by atoms with Gasteiger partial charge in [0.1, 0.15) is 0 Å². The molecule has 14 heavy (non-hydrogen) atoms. The van der Waals surface area contributed by atoms with E-state index in [1.54, 1.807) is 0 Å². The van der Waals surface area contributed by atoms with E-state index in [0.29, 0.717) is 5.75 Å². The van der Waals surface area contributed by atoms with Crippen LogP contribution in [0.1, 0.15) is 5.56 Å². The molecule has 0 atom stereocenters. The summed E-state index contributed by atoms with van der Waals surface area (Å²) < 4.78 is 4.55. The van der Waals surface area contributed by atoms with Crippen molar-refractivity contribution in [2.45, 2.75) is 11.8 Å². The predicted molar refractivity (Wildman–Crippen MR) is 58.3 cm³/mol. The third kappa shape index (κ3) is 2.67. The van der Waals surface area contributed by atoms with Gasteiger partial charge in [0.05, 0.1) is 12.9 Å². The number of thioether (sulfide) groups is 1. The van der Waals surface area contributed by atoms with Gasteiger partial charge in [-0.25, -0.2) is 0 Å². The molecule has 0 heterocycles. The van der Waals surface area contributed by atoms with Gasteiger partial charge in [0.2, 0.25) is 0 Å². The van der Waals surface area contributed by atoms with E-state index in [9.17, 15) is 4.79 Å². The fraction of sp³-hybridized carbons (Fsp3) is 0.300. The number of hydrogen-bond donors (Lipinski definition) is 1. The molecule has 1 rings (SSSR count). The minimum Gasteiger partial charge on any atom is -0.468 e. The van der Waals surface area contributed by atoms with Crippen molar-refractivity contribution in [3.05, 3.63) is 23.8 Å². The Morgan fingerprint density at radius 1 is 1.57 bits per heavy atom. The summed E-state index contributed by atoms with van der Waals surface area (Å²) in [6.07, 6.45) is 0. The first kappa shape index (κ1) is 10.9. The molecule has 0 bridgehead atoms. The number of rotatable bonds is 3. The molecule has 76 valence electrons. The number of nitrogen functional groups attached to an aromatic ring is 1. The first-order valence-corrected chi connectivity index (χ1v) is 5.18. The predicted octanol–water partition coefficient (Wildman–Crippen LogP) is 1.84. The van der Waals surface area contributed by atoms with E-state index >= 15 is 0 Å². The summed E-state index contributed by atoms with van der Waals surface area (Å²) in [6.45, 7) is 1.94. The Bertz CT molecular complexity index is 339. The standard InChI is InChI=1S/C10H13NO2S/c1-7-8(11)4-3-5-9(7)14-6-10(12)13-2/h3-5H,6,11H2,1-2H3. The van der Waals surface area contributed by atoms with Crippen LogP contribution in [0.5, 0.6) is 0 Å². The third-order valence-corrected chi connectivity index (χ3v) is 3.03. The van der Waals surface area contributed by atoms with Crippen LogP contribution in [0.4, 0.5) is 5.69 Å². The van der Waals surface area contributed by atoms with E-state index in [0.717, 1.165) is 16.1 Å². The average Bonchev–Trinajstić information content (AvgIpc) is 2.20. The number of carbonyl (C=O) groups excluding carboxylic acids is 1. The Labute approximate surface area is 87.6 Å². The van der Waals surface area contributed by atoms with Crippen LogP contribution in [0.25, 0.3) is 0 Å². The Kier molecular flexibility index (Phi) is 3.83. The van der Waals surface area contributed by atoms with E-state index < -0.39 is 0 Å². The highest BCUT2D eigenvalue weighted by Crippen LogP contribution is 2.25. The number of nitrogens with two attached hydrogens (primary N) is 1. The zero-order chi connectivity index (χ0) is 10.6. The number of benzene rings is 1. The minimum atomic E-state index is -0.225. The Balaban J connectivity index is 2.68. The van der Waals surface area contributed by atoms with Gasteiger partial charge in [0, 0.05) is 10.6 Å². The molecular weight excluding hydrogens is 198 g/mol. The van der Waals surface area contributed by atoms with Crippen molar-refractivity contribution in [3.8, 4) is 0 Å². The molecule has 0 aliphatic carbocycles. The molecule has 0 amide bonds. The van der Waals surface area contributed by atoms with Crippen LogP contribution in [0, 0.1) is 6.92 Å². The average molecular weight is 211 g/mol. The topological polar surface area (TPSA) is 52.3 Å². The largest absolute Gasteiger partial charge is 0.468 e. The lowest BCUT2D eigenvalue weighted by atomic mass is 10.2. The summed E-state index contributed by atoms with van der Waals surface area (Å²) in [5.41, 5.74) is 7.50. The zero-order valence-electron chi connectivity index (χ0n) is 8.24. The van der Waals surface area contributed by atoms with Crippen LogP contribution in [0.3, 0.4) is 0 Å².